The molecule has 0 bridgehead atoms. The molecule has 2 atom stereocenters. The van der Waals surface area contributed by atoms with Crippen LogP contribution in [-0.2, 0) is 9.47 Å². The molecule has 2 aromatic rings. The van der Waals surface area contributed by atoms with Crippen LogP contribution in [0.2, 0.25) is 0 Å². The molecule has 2 aromatic carbocycles. The Balaban J connectivity index is 2.38. The van der Waals surface area contributed by atoms with Crippen molar-refractivity contribution >= 4 is 10.8 Å². The molecule has 102 valence electrons. The second-order valence-electron chi connectivity index (χ2n) is 4.71. The molecule has 3 heteroatoms. The summed E-state index contributed by atoms with van der Waals surface area (Å²) in [6.07, 6.45) is -1.05. The van der Waals surface area contributed by atoms with E-state index >= 15 is 0 Å². The highest BCUT2D eigenvalue weighted by atomic mass is 16.7. The number of aliphatic hydroxyl groups excluding tert-OH is 1. The molecule has 19 heavy (non-hydrogen) atoms. The Morgan fingerprint density at radius 3 is 2.26 bits per heavy atom. The smallest absolute Gasteiger partial charge is 0.162 e. The largest absolute Gasteiger partial charge is 0.388 e. The second-order valence-corrected chi connectivity index (χ2v) is 4.71. The molecule has 0 unspecified atom stereocenters. The van der Waals surface area contributed by atoms with Gasteiger partial charge in [0.2, 0.25) is 0 Å². The lowest BCUT2D eigenvalue weighted by molar-refractivity contribution is -0.156. The van der Waals surface area contributed by atoms with Crippen molar-refractivity contribution in [3.05, 3.63) is 48.0 Å². The van der Waals surface area contributed by atoms with Crippen molar-refractivity contribution in [2.24, 2.45) is 5.92 Å². The molecule has 2 rings (SSSR count). The van der Waals surface area contributed by atoms with Gasteiger partial charge in [0, 0.05) is 20.1 Å². The summed E-state index contributed by atoms with van der Waals surface area (Å²) in [5.74, 6) is -0.152. The molecule has 0 radical (unpaired) electrons. The molecule has 0 fully saturated rings. The summed E-state index contributed by atoms with van der Waals surface area (Å²) in [5, 5.41) is 12.7. The molecule has 1 N–H and O–H groups in total. The fraction of sp³-hybridized carbons (Fsp3) is 0.375. The zero-order valence-electron chi connectivity index (χ0n) is 11.5. The van der Waals surface area contributed by atoms with Crippen LogP contribution in [-0.4, -0.2) is 25.6 Å². The number of methoxy groups -OCH3 is 2. The van der Waals surface area contributed by atoms with Crippen LogP contribution in [0.25, 0.3) is 10.8 Å². The third-order valence-corrected chi connectivity index (χ3v) is 3.53. The van der Waals surface area contributed by atoms with Gasteiger partial charge in [0.25, 0.3) is 0 Å². The fourth-order valence-electron chi connectivity index (χ4n) is 2.47. The SMILES string of the molecule is COC(OC)[C@@H](C)[C@H](O)c1cccc2ccccc12. The topological polar surface area (TPSA) is 38.7 Å². The lowest BCUT2D eigenvalue weighted by Crippen LogP contribution is -2.27. The molecule has 0 amide bonds. The molecular weight excluding hydrogens is 240 g/mol. The summed E-state index contributed by atoms with van der Waals surface area (Å²) < 4.78 is 10.5. The van der Waals surface area contributed by atoms with E-state index < -0.39 is 12.4 Å². The van der Waals surface area contributed by atoms with E-state index in [0.29, 0.717) is 0 Å². The van der Waals surface area contributed by atoms with Crippen molar-refractivity contribution in [1.82, 2.24) is 0 Å². The molecule has 3 nitrogen and oxygen atoms in total. The van der Waals surface area contributed by atoms with Gasteiger partial charge in [-0.05, 0) is 16.3 Å². The Morgan fingerprint density at radius 2 is 1.58 bits per heavy atom. The van der Waals surface area contributed by atoms with E-state index in [4.69, 9.17) is 9.47 Å². The predicted octanol–water partition coefficient (Wildman–Crippen LogP) is 3.13. The second kappa shape index (κ2) is 6.15. The van der Waals surface area contributed by atoms with E-state index in [0.717, 1.165) is 16.3 Å². The number of aliphatic hydroxyl groups is 1. The van der Waals surface area contributed by atoms with E-state index in [-0.39, 0.29) is 5.92 Å². The lowest BCUT2D eigenvalue weighted by atomic mass is 9.92. The highest BCUT2D eigenvalue weighted by molar-refractivity contribution is 5.85. The normalized spacial score (nSPS) is 14.8. The van der Waals surface area contributed by atoms with Crippen molar-refractivity contribution in [2.45, 2.75) is 19.3 Å². The van der Waals surface area contributed by atoms with Gasteiger partial charge in [0.05, 0.1) is 6.10 Å². The number of hydrogen-bond donors (Lipinski definition) is 1. The summed E-state index contributed by atoms with van der Waals surface area (Å²) in [7, 11) is 3.17. The molecule has 0 heterocycles. The first-order chi connectivity index (χ1) is 9.19. The van der Waals surface area contributed by atoms with Gasteiger partial charge < -0.3 is 14.6 Å². The van der Waals surface area contributed by atoms with Gasteiger partial charge in [-0.1, -0.05) is 49.4 Å². The number of rotatable bonds is 5. The summed E-state index contributed by atoms with van der Waals surface area (Å²) in [5.41, 5.74) is 0.907. The van der Waals surface area contributed by atoms with Gasteiger partial charge in [-0.3, -0.25) is 0 Å². The number of hydrogen-bond acceptors (Lipinski definition) is 3. The number of benzene rings is 2. The molecule has 0 saturated heterocycles. The van der Waals surface area contributed by atoms with E-state index in [9.17, 15) is 5.11 Å². The zero-order valence-corrected chi connectivity index (χ0v) is 11.5. The van der Waals surface area contributed by atoms with Crippen LogP contribution < -0.4 is 0 Å². The van der Waals surface area contributed by atoms with E-state index in [2.05, 4.69) is 0 Å². The zero-order chi connectivity index (χ0) is 13.8. The quantitative estimate of drug-likeness (QED) is 0.839. The van der Waals surface area contributed by atoms with Crippen LogP contribution in [0.15, 0.2) is 42.5 Å². The third-order valence-electron chi connectivity index (χ3n) is 3.53. The van der Waals surface area contributed by atoms with Crippen LogP contribution in [0.5, 0.6) is 0 Å². The molecule has 0 spiro atoms. The molecule has 0 aromatic heterocycles. The van der Waals surface area contributed by atoms with E-state index in [1.165, 1.54) is 0 Å². The maximum absolute atomic E-state index is 10.6. The van der Waals surface area contributed by atoms with Crippen LogP contribution in [0, 0.1) is 5.92 Å². The maximum atomic E-state index is 10.6. The highest BCUT2D eigenvalue weighted by Crippen LogP contribution is 2.31. The Hall–Kier alpha value is -1.42. The minimum atomic E-state index is -0.629. The first-order valence-electron chi connectivity index (χ1n) is 6.40. The monoisotopic (exact) mass is 260 g/mol. The maximum Gasteiger partial charge on any atom is 0.162 e. The third kappa shape index (κ3) is 2.78. The number of fused-ring (bicyclic) bond motifs is 1. The summed E-state index contributed by atoms with van der Waals surface area (Å²) in [6, 6.07) is 14.0. The van der Waals surface area contributed by atoms with Crippen LogP contribution in [0.4, 0.5) is 0 Å². The van der Waals surface area contributed by atoms with Crippen LogP contribution >= 0.6 is 0 Å². The van der Waals surface area contributed by atoms with E-state index in [1.807, 2.05) is 49.4 Å². The van der Waals surface area contributed by atoms with Gasteiger partial charge in [0.1, 0.15) is 0 Å². The minimum absolute atomic E-state index is 0.152. The Labute approximate surface area is 113 Å². The standard InChI is InChI=1S/C16H20O3/c1-11(16(18-2)19-3)15(17)14-10-6-8-12-7-4-5-9-13(12)14/h4-11,15-17H,1-3H3/t11-,15-/m0/s1. The average molecular weight is 260 g/mol. The average Bonchev–Trinajstić information content (AvgIpc) is 2.47. The molecular formula is C16H20O3. The first kappa shape index (κ1) is 14.0. The van der Waals surface area contributed by atoms with Crippen molar-refractivity contribution < 1.29 is 14.6 Å². The minimum Gasteiger partial charge on any atom is -0.388 e. The predicted molar refractivity (Wildman–Crippen MR) is 75.9 cm³/mol. The summed E-state index contributed by atoms with van der Waals surface area (Å²) >= 11 is 0. The van der Waals surface area contributed by atoms with Crippen LogP contribution in [0.1, 0.15) is 18.6 Å². The van der Waals surface area contributed by atoms with Crippen molar-refractivity contribution in [1.29, 1.82) is 0 Å². The Morgan fingerprint density at radius 1 is 0.947 bits per heavy atom. The Kier molecular flexibility index (Phi) is 4.53. The molecule has 0 aliphatic rings. The lowest BCUT2D eigenvalue weighted by Gasteiger charge is -2.26. The van der Waals surface area contributed by atoms with E-state index in [1.54, 1.807) is 14.2 Å². The van der Waals surface area contributed by atoms with Gasteiger partial charge >= 0.3 is 0 Å². The van der Waals surface area contributed by atoms with Gasteiger partial charge in [-0.2, -0.15) is 0 Å². The van der Waals surface area contributed by atoms with Gasteiger partial charge in [0.15, 0.2) is 6.29 Å². The molecule has 0 saturated carbocycles. The van der Waals surface area contributed by atoms with Gasteiger partial charge in [-0.25, -0.2) is 0 Å². The fourth-order valence-corrected chi connectivity index (χ4v) is 2.47. The van der Waals surface area contributed by atoms with Crippen molar-refractivity contribution in [3.63, 3.8) is 0 Å². The first-order valence-corrected chi connectivity index (χ1v) is 6.40. The van der Waals surface area contributed by atoms with Crippen molar-refractivity contribution in [2.75, 3.05) is 14.2 Å². The molecule has 0 aliphatic carbocycles. The molecule has 0 aliphatic heterocycles. The highest BCUT2D eigenvalue weighted by Gasteiger charge is 2.26. The van der Waals surface area contributed by atoms with Crippen LogP contribution in [0.3, 0.4) is 0 Å². The van der Waals surface area contributed by atoms with Gasteiger partial charge in [-0.15, -0.1) is 0 Å². The van der Waals surface area contributed by atoms with Crippen molar-refractivity contribution in [3.8, 4) is 0 Å². The number of ether oxygens (including phenoxy) is 2. The Bertz CT molecular complexity index is 529. The summed E-state index contributed by atoms with van der Waals surface area (Å²) in [6.45, 7) is 1.92. The summed E-state index contributed by atoms with van der Waals surface area (Å²) in [4.78, 5) is 0.